The van der Waals surface area contributed by atoms with Crippen molar-refractivity contribution in [1.82, 2.24) is 4.90 Å². The van der Waals surface area contributed by atoms with E-state index in [9.17, 15) is 0 Å². The number of nitrogens with zero attached hydrogens (tertiary/aromatic N) is 1. The molecule has 1 aliphatic heterocycles. The van der Waals surface area contributed by atoms with Gasteiger partial charge < -0.3 is 5.73 Å². The lowest BCUT2D eigenvalue weighted by Gasteiger charge is -2.43. The summed E-state index contributed by atoms with van der Waals surface area (Å²) in [5.41, 5.74) is 6.23. The number of hydrogen-bond donors (Lipinski definition) is 1. The van der Waals surface area contributed by atoms with Crippen molar-refractivity contribution in [2.75, 3.05) is 13.1 Å². The Bertz CT molecular complexity index is 191. The quantitative estimate of drug-likeness (QED) is 0.759. The summed E-state index contributed by atoms with van der Waals surface area (Å²) < 4.78 is 0. The van der Waals surface area contributed by atoms with Gasteiger partial charge in [0.25, 0.3) is 0 Å². The zero-order valence-corrected chi connectivity index (χ0v) is 10.9. The second-order valence-electron chi connectivity index (χ2n) is 5.60. The monoisotopic (exact) mass is 212 g/mol. The van der Waals surface area contributed by atoms with Crippen molar-refractivity contribution in [3.63, 3.8) is 0 Å². The fourth-order valence-corrected chi connectivity index (χ4v) is 3.06. The lowest BCUT2D eigenvalue weighted by molar-refractivity contribution is 0.0660. The van der Waals surface area contributed by atoms with E-state index < -0.39 is 0 Å². The molecule has 0 saturated carbocycles. The molecule has 1 aliphatic rings. The summed E-state index contributed by atoms with van der Waals surface area (Å²) in [5.74, 6) is 0.759. The Morgan fingerprint density at radius 1 is 1.47 bits per heavy atom. The topological polar surface area (TPSA) is 29.3 Å². The molecule has 1 rings (SSSR count). The Morgan fingerprint density at radius 2 is 2.13 bits per heavy atom. The molecule has 2 atom stereocenters. The highest BCUT2D eigenvalue weighted by molar-refractivity contribution is 4.95. The van der Waals surface area contributed by atoms with E-state index in [1.807, 2.05) is 0 Å². The maximum Gasteiger partial charge on any atom is 0.0306 e. The second-order valence-corrected chi connectivity index (χ2v) is 5.60. The van der Waals surface area contributed by atoms with Crippen molar-refractivity contribution in [3.05, 3.63) is 0 Å². The Hall–Kier alpha value is -0.0800. The van der Waals surface area contributed by atoms with Crippen LogP contribution in [0.4, 0.5) is 0 Å². The number of hydrogen-bond acceptors (Lipinski definition) is 2. The van der Waals surface area contributed by atoms with E-state index in [4.69, 9.17) is 5.73 Å². The zero-order valence-electron chi connectivity index (χ0n) is 10.9. The van der Waals surface area contributed by atoms with Crippen LogP contribution in [0.25, 0.3) is 0 Å². The van der Waals surface area contributed by atoms with E-state index in [1.165, 1.54) is 32.2 Å². The largest absolute Gasteiger partial charge is 0.329 e. The predicted molar refractivity (Wildman–Crippen MR) is 66.9 cm³/mol. The molecule has 0 aliphatic carbocycles. The molecule has 0 spiro atoms. The van der Waals surface area contributed by atoms with E-state index in [1.54, 1.807) is 0 Å². The third-order valence-corrected chi connectivity index (χ3v) is 3.99. The van der Waals surface area contributed by atoms with E-state index >= 15 is 0 Å². The first-order chi connectivity index (χ1) is 7.05. The molecule has 1 saturated heterocycles. The van der Waals surface area contributed by atoms with Gasteiger partial charge in [0.2, 0.25) is 0 Å². The van der Waals surface area contributed by atoms with Gasteiger partial charge in [0.1, 0.15) is 0 Å². The highest BCUT2D eigenvalue weighted by Gasteiger charge is 2.38. The van der Waals surface area contributed by atoms with E-state index in [2.05, 4.69) is 32.6 Å². The van der Waals surface area contributed by atoms with Crippen LogP contribution in [0.5, 0.6) is 0 Å². The molecule has 2 unspecified atom stereocenters. The highest BCUT2D eigenvalue weighted by Crippen LogP contribution is 2.32. The molecule has 2 nitrogen and oxygen atoms in total. The first kappa shape index (κ1) is 13.0. The van der Waals surface area contributed by atoms with Crippen molar-refractivity contribution in [2.24, 2.45) is 11.7 Å². The van der Waals surface area contributed by atoms with Crippen molar-refractivity contribution in [1.29, 1.82) is 0 Å². The third-order valence-electron chi connectivity index (χ3n) is 3.99. The molecule has 2 heteroatoms. The Labute approximate surface area is 95.2 Å². The summed E-state index contributed by atoms with van der Waals surface area (Å²) in [6.45, 7) is 11.3. The van der Waals surface area contributed by atoms with Crippen LogP contribution in [0.3, 0.4) is 0 Å². The standard InChI is InChI=1S/C13H28N2/c1-5-8-13(4,10-14)15-9-6-7-12(15)11(2)3/h11-12H,5-10,14H2,1-4H3. The van der Waals surface area contributed by atoms with Crippen molar-refractivity contribution < 1.29 is 0 Å². The van der Waals surface area contributed by atoms with Gasteiger partial charge in [-0.15, -0.1) is 0 Å². The summed E-state index contributed by atoms with van der Waals surface area (Å²) in [6.07, 6.45) is 5.17. The molecule has 0 amide bonds. The number of likely N-dealkylation sites (tertiary alicyclic amines) is 1. The van der Waals surface area contributed by atoms with Gasteiger partial charge in [-0.1, -0.05) is 27.2 Å². The number of rotatable bonds is 5. The van der Waals surface area contributed by atoms with Gasteiger partial charge in [0.15, 0.2) is 0 Å². The number of nitrogens with two attached hydrogens (primary N) is 1. The van der Waals surface area contributed by atoms with Gasteiger partial charge in [-0.2, -0.15) is 0 Å². The molecule has 15 heavy (non-hydrogen) atoms. The molecule has 0 bridgehead atoms. The Morgan fingerprint density at radius 3 is 2.60 bits per heavy atom. The van der Waals surface area contributed by atoms with Gasteiger partial charge >= 0.3 is 0 Å². The maximum atomic E-state index is 5.99. The van der Waals surface area contributed by atoms with Gasteiger partial charge in [-0.25, -0.2) is 0 Å². The van der Waals surface area contributed by atoms with Crippen LogP contribution in [0, 0.1) is 5.92 Å². The van der Waals surface area contributed by atoms with Crippen LogP contribution in [-0.4, -0.2) is 29.6 Å². The second kappa shape index (κ2) is 5.31. The Kier molecular flexibility index (Phi) is 4.60. The van der Waals surface area contributed by atoms with E-state index in [0.29, 0.717) is 0 Å². The predicted octanol–water partition coefficient (Wildman–Crippen LogP) is 2.62. The van der Waals surface area contributed by atoms with Crippen LogP contribution in [0.2, 0.25) is 0 Å². The fourth-order valence-electron chi connectivity index (χ4n) is 3.06. The molecule has 0 aromatic heterocycles. The first-order valence-corrected chi connectivity index (χ1v) is 6.52. The molecular formula is C13H28N2. The molecule has 90 valence electrons. The lowest BCUT2D eigenvalue weighted by Crippen LogP contribution is -2.54. The molecular weight excluding hydrogens is 184 g/mol. The molecule has 0 aromatic rings. The van der Waals surface area contributed by atoms with Crippen LogP contribution in [0.15, 0.2) is 0 Å². The summed E-state index contributed by atoms with van der Waals surface area (Å²) in [6, 6.07) is 0.755. The summed E-state index contributed by atoms with van der Waals surface area (Å²) in [5, 5.41) is 0. The van der Waals surface area contributed by atoms with Crippen LogP contribution in [-0.2, 0) is 0 Å². The van der Waals surface area contributed by atoms with Gasteiger partial charge in [-0.05, 0) is 38.6 Å². The van der Waals surface area contributed by atoms with Crippen LogP contribution >= 0.6 is 0 Å². The summed E-state index contributed by atoms with van der Waals surface area (Å²) in [7, 11) is 0. The molecule has 1 heterocycles. The highest BCUT2D eigenvalue weighted by atomic mass is 15.2. The van der Waals surface area contributed by atoms with Gasteiger partial charge in [0.05, 0.1) is 0 Å². The van der Waals surface area contributed by atoms with Crippen LogP contribution < -0.4 is 5.73 Å². The lowest BCUT2D eigenvalue weighted by atomic mass is 9.90. The zero-order chi connectivity index (χ0) is 11.5. The summed E-state index contributed by atoms with van der Waals surface area (Å²) in [4.78, 5) is 2.68. The Balaban J connectivity index is 2.74. The minimum Gasteiger partial charge on any atom is -0.329 e. The maximum absolute atomic E-state index is 5.99. The third kappa shape index (κ3) is 2.73. The van der Waals surface area contributed by atoms with Crippen molar-refractivity contribution in [2.45, 2.75) is 65.0 Å². The van der Waals surface area contributed by atoms with E-state index in [-0.39, 0.29) is 5.54 Å². The smallest absolute Gasteiger partial charge is 0.0306 e. The first-order valence-electron chi connectivity index (χ1n) is 6.52. The molecule has 1 fully saturated rings. The molecule has 0 aromatic carbocycles. The van der Waals surface area contributed by atoms with Crippen molar-refractivity contribution >= 4 is 0 Å². The normalized spacial score (nSPS) is 27.2. The molecule has 0 radical (unpaired) electrons. The summed E-state index contributed by atoms with van der Waals surface area (Å²) >= 11 is 0. The van der Waals surface area contributed by atoms with Gasteiger partial charge in [-0.3, -0.25) is 4.90 Å². The fraction of sp³-hybridized carbons (Fsp3) is 1.00. The minimum absolute atomic E-state index is 0.236. The SMILES string of the molecule is CCCC(C)(CN)N1CCCC1C(C)C. The van der Waals surface area contributed by atoms with E-state index in [0.717, 1.165) is 18.5 Å². The van der Waals surface area contributed by atoms with Gasteiger partial charge in [0, 0.05) is 18.1 Å². The average molecular weight is 212 g/mol. The van der Waals surface area contributed by atoms with Crippen LogP contribution in [0.1, 0.15) is 53.4 Å². The average Bonchev–Trinajstić information content (AvgIpc) is 2.67. The molecule has 2 N–H and O–H groups in total. The minimum atomic E-state index is 0.236. The van der Waals surface area contributed by atoms with Crippen molar-refractivity contribution in [3.8, 4) is 0 Å².